The monoisotopic (exact) mass is 837 g/mol. The first kappa shape index (κ1) is 36.7. The molecule has 0 atom stereocenters. The van der Waals surface area contributed by atoms with Crippen molar-refractivity contribution in [2.24, 2.45) is 0 Å². The molecule has 0 bridgehead atoms. The van der Waals surface area contributed by atoms with Gasteiger partial charge in [-0.25, -0.2) is 0 Å². The summed E-state index contributed by atoms with van der Waals surface area (Å²) in [5.41, 5.74) is 7.13. The maximum Gasteiger partial charge on any atom is 0.159 e. The van der Waals surface area contributed by atoms with Crippen molar-refractivity contribution < 1.29 is 4.42 Å². The van der Waals surface area contributed by atoms with Crippen LogP contribution in [0.4, 0.5) is 17.1 Å². The molecule has 2 heteroatoms. The van der Waals surface area contributed by atoms with E-state index in [1.54, 1.807) is 0 Å². The molecule has 13 aromatic carbocycles. The largest absolute Gasteiger partial charge is 0.454 e. The topological polar surface area (TPSA) is 16.4 Å². The maximum atomic E-state index is 6.83. The van der Waals surface area contributed by atoms with Gasteiger partial charge in [0.25, 0.3) is 0 Å². The second kappa shape index (κ2) is 14.4. The van der Waals surface area contributed by atoms with Crippen LogP contribution in [0, 0.1) is 0 Å². The Bertz CT molecular complexity index is 4320. The molecular formula is C64H39NO. The molecule has 0 saturated carbocycles. The van der Waals surface area contributed by atoms with Crippen LogP contribution in [0.3, 0.4) is 0 Å². The van der Waals surface area contributed by atoms with E-state index in [0.717, 1.165) is 44.4 Å². The van der Waals surface area contributed by atoms with E-state index in [1.807, 2.05) is 6.07 Å². The first-order chi connectivity index (χ1) is 32.7. The van der Waals surface area contributed by atoms with Gasteiger partial charge in [0.15, 0.2) is 5.58 Å². The highest BCUT2D eigenvalue weighted by molar-refractivity contribution is 6.37. The van der Waals surface area contributed by atoms with Crippen molar-refractivity contribution in [1.29, 1.82) is 0 Å². The number of furan rings is 1. The first-order valence-corrected chi connectivity index (χ1v) is 22.7. The summed E-state index contributed by atoms with van der Waals surface area (Å²) in [6.45, 7) is 0. The zero-order chi connectivity index (χ0) is 43.3. The highest BCUT2D eigenvalue weighted by Crippen LogP contribution is 2.47. The molecular weight excluding hydrogens is 799 g/mol. The average Bonchev–Trinajstić information content (AvgIpc) is 3.78. The highest BCUT2D eigenvalue weighted by Gasteiger charge is 2.22. The Kier molecular flexibility index (Phi) is 8.02. The minimum Gasteiger partial charge on any atom is -0.454 e. The van der Waals surface area contributed by atoms with Gasteiger partial charge in [-0.2, -0.15) is 0 Å². The lowest BCUT2D eigenvalue weighted by Crippen LogP contribution is -2.10. The number of nitrogens with zero attached hydrogens (tertiary/aromatic N) is 1. The predicted octanol–water partition coefficient (Wildman–Crippen LogP) is 18.5. The molecule has 0 radical (unpaired) electrons. The van der Waals surface area contributed by atoms with Gasteiger partial charge in [0.2, 0.25) is 0 Å². The summed E-state index contributed by atoms with van der Waals surface area (Å²) in [5, 5.41) is 21.9. The third-order valence-electron chi connectivity index (χ3n) is 14.0. The van der Waals surface area contributed by atoms with Crippen molar-refractivity contribution >= 4 is 125 Å². The molecule has 0 aliphatic carbocycles. The number of para-hydroxylation sites is 2. The SMILES string of the molecule is c1ccc(-c2ccc(N(c3ccc4c5ccccc5c5ccccc5c5ccccc5c5c(cc6ccc7cccc8ccc5c6c78)c4c3)c3cccc4c3oc3ccccc34)cc2)cc1. The Hall–Kier alpha value is -8.72. The van der Waals surface area contributed by atoms with Crippen LogP contribution in [0.2, 0.25) is 0 Å². The number of hydrogen-bond acceptors (Lipinski definition) is 2. The number of fused-ring (bicyclic) bond motifs is 14. The van der Waals surface area contributed by atoms with Crippen LogP contribution in [-0.2, 0) is 0 Å². The molecule has 0 aliphatic heterocycles. The van der Waals surface area contributed by atoms with Crippen LogP contribution in [0.1, 0.15) is 0 Å². The van der Waals surface area contributed by atoms with Crippen molar-refractivity contribution in [3.05, 3.63) is 237 Å². The van der Waals surface area contributed by atoms with Gasteiger partial charge in [-0.05, 0) is 140 Å². The van der Waals surface area contributed by atoms with E-state index in [2.05, 4.69) is 235 Å². The summed E-state index contributed by atoms with van der Waals surface area (Å²) in [7, 11) is 0. The number of anilines is 3. The Morgan fingerprint density at radius 1 is 0.258 bits per heavy atom. The second-order valence-electron chi connectivity index (χ2n) is 17.5. The molecule has 1 aromatic heterocycles. The summed E-state index contributed by atoms with van der Waals surface area (Å²) in [5.74, 6) is 0. The Labute approximate surface area is 380 Å². The first-order valence-electron chi connectivity index (χ1n) is 22.7. The maximum absolute atomic E-state index is 6.83. The van der Waals surface area contributed by atoms with E-state index in [1.165, 1.54) is 91.9 Å². The van der Waals surface area contributed by atoms with E-state index in [0.29, 0.717) is 0 Å². The van der Waals surface area contributed by atoms with Crippen LogP contribution in [0.25, 0.3) is 119 Å². The van der Waals surface area contributed by atoms with Gasteiger partial charge in [-0.3, -0.25) is 0 Å². The Balaban J connectivity index is 1.18. The van der Waals surface area contributed by atoms with E-state index in [4.69, 9.17) is 4.42 Å². The van der Waals surface area contributed by atoms with Crippen LogP contribution in [0.5, 0.6) is 0 Å². The standard InChI is InChI=1S/C64H39NO/c1-2-14-40(15-3-1)41-30-33-45(34-31-41)65(59-26-13-25-55-53-23-10-11-27-60(53)66-64(55)59)46-35-37-52-50-21-7-5-19-48(50)47-18-4-6-20-49(47)51-22-8-9-24-54(51)63-56-36-32-43-17-12-16-42-28-29-44(62(56)61(42)43)38-58(63)57(52)39-46/h1-39H. The molecule has 0 unspecified atom stereocenters. The molecule has 2 nitrogen and oxygen atoms in total. The molecule has 0 fully saturated rings. The van der Waals surface area contributed by atoms with E-state index in [9.17, 15) is 0 Å². The molecule has 66 heavy (non-hydrogen) atoms. The second-order valence-corrected chi connectivity index (χ2v) is 17.5. The summed E-state index contributed by atoms with van der Waals surface area (Å²) in [4.78, 5) is 2.39. The smallest absolute Gasteiger partial charge is 0.159 e. The van der Waals surface area contributed by atoms with Gasteiger partial charge in [-0.15, -0.1) is 0 Å². The van der Waals surface area contributed by atoms with Crippen molar-refractivity contribution in [3.8, 4) is 11.1 Å². The predicted molar refractivity (Wildman–Crippen MR) is 283 cm³/mol. The molecule has 0 amide bonds. The lowest BCUT2D eigenvalue weighted by atomic mass is 9.88. The van der Waals surface area contributed by atoms with Gasteiger partial charge in [0.05, 0.1) is 5.69 Å². The molecule has 0 saturated heterocycles. The number of rotatable bonds is 4. The quantitative estimate of drug-likeness (QED) is 0.164. The Morgan fingerprint density at radius 2 is 0.773 bits per heavy atom. The van der Waals surface area contributed by atoms with Gasteiger partial charge in [-0.1, -0.05) is 194 Å². The highest BCUT2D eigenvalue weighted by atomic mass is 16.3. The van der Waals surface area contributed by atoms with Gasteiger partial charge < -0.3 is 9.32 Å². The van der Waals surface area contributed by atoms with Crippen LogP contribution in [0.15, 0.2) is 241 Å². The molecule has 306 valence electrons. The average molecular weight is 838 g/mol. The van der Waals surface area contributed by atoms with Crippen molar-refractivity contribution in [1.82, 2.24) is 0 Å². The van der Waals surface area contributed by atoms with Crippen molar-refractivity contribution in [2.75, 3.05) is 4.90 Å². The lowest BCUT2D eigenvalue weighted by molar-refractivity contribution is 0.669. The zero-order valence-corrected chi connectivity index (χ0v) is 35.9. The zero-order valence-electron chi connectivity index (χ0n) is 35.9. The molecule has 0 spiro atoms. The van der Waals surface area contributed by atoms with Crippen molar-refractivity contribution in [2.45, 2.75) is 0 Å². The minimum atomic E-state index is 0.852. The van der Waals surface area contributed by atoms with Crippen LogP contribution < -0.4 is 4.90 Å². The normalized spacial score (nSPS) is 11.9. The molecule has 0 aliphatic rings. The van der Waals surface area contributed by atoms with Gasteiger partial charge in [0, 0.05) is 22.1 Å². The van der Waals surface area contributed by atoms with Gasteiger partial charge in [0.1, 0.15) is 5.58 Å². The van der Waals surface area contributed by atoms with E-state index < -0.39 is 0 Å². The molecule has 14 aromatic rings. The summed E-state index contributed by atoms with van der Waals surface area (Å²) in [6, 6.07) is 87.0. The summed E-state index contributed by atoms with van der Waals surface area (Å²) < 4.78 is 6.83. The third-order valence-corrected chi connectivity index (χ3v) is 14.0. The minimum absolute atomic E-state index is 0.852. The van der Waals surface area contributed by atoms with E-state index >= 15 is 0 Å². The van der Waals surface area contributed by atoms with E-state index in [-0.39, 0.29) is 0 Å². The molecule has 1 heterocycles. The fourth-order valence-corrected chi connectivity index (χ4v) is 11.1. The number of hydrogen-bond donors (Lipinski definition) is 0. The van der Waals surface area contributed by atoms with Crippen LogP contribution in [-0.4, -0.2) is 0 Å². The fourth-order valence-electron chi connectivity index (χ4n) is 11.1. The lowest BCUT2D eigenvalue weighted by Gasteiger charge is -2.26. The third kappa shape index (κ3) is 5.49. The summed E-state index contributed by atoms with van der Waals surface area (Å²) in [6.07, 6.45) is 0. The Morgan fingerprint density at radius 3 is 1.48 bits per heavy atom. The molecule has 14 rings (SSSR count). The summed E-state index contributed by atoms with van der Waals surface area (Å²) >= 11 is 0. The van der Waals surface area contributed by atoms with Crippen LogP contribution >= 0.6 is 0 Å². The van der Waals surface area contributed by atoms with Gasteiger partial charge >= 0.3 is 0 Å². The number of benzene rings is 12. The van der Waals surface area contributed by atoms with Crippen molar-refractivity contribution in [3.63, 3.8) is 0 Å². The fraction of sp³-hybridized carbons (Fsp3) is 0. The molecule has 0 N–H and O–H groups in total.